The molecule has 0 atom stereocenters. The van der Waals surface area contributed by atoms with Gasteiger partial charge >= 0.3 is 0 Å². The maximum atomic E-state index is 10.7. The van der Waals surface area contributed by atoms with Crippen LogP contribution in [0.2, 0.25) is 0 Å². The Morgan fingerprint density at radius 1 is 1.21 bits per heavy atom. The monoisotopic (exact) mass is 200 g/mol. The number of Topliss-reactive ketones (excluding diaryl/α,β-unsaturated/α-hetero) is 1. The van der Waals surface area contributed by atoms with Gasteiger partial charge in [-0.2, -0.15) is 0 Å². The summed E-state index contributed by atoms with van der Waals surface area (Å²) in [4.78, 5) is 10.7. The van der Waals surface area contributed by atoms with Crippen molar-refractivity contribution in [2.75, 3.05) is 13.2 Å². The van der Waals surface area contributed by atoms with Gasteiger partial charge in [-0.3, -0.25) is 0 Å². The summed E-state index contributed by atoms with van der Waals surface area (Å²) in [7, 11) is 0. The van der Waals surface area contributed by atoms with Gasteiger partial charge in [0, 0.05) is 12.8 Å². The third-order valence-corrected chi connectivity index (χ3v) is 2.56. The van der Waals surface area contributed by atoms with Crippen molar-refractivity contribution in [2.45, 2.75) is 51.7 Å². The van der Waals surface area contributed by atoms with Crippen molar-refractivity contribution >= 4 is 5.78 Å². The van der Waals surface area contributed by atoms with Gasteiger partial charge in [-0.25, -0.2) is 0 Å². The first-order valence-electron chi connectivity index (χ1n) is 5.40. The summed E-state index contributed by atoms with van der Waals surface area (Å²) in [5.41, 5.74) is 0. The molecule has 3 heteroatoms. The van der Waals surface area contributed by atoms with Crippen LogP contribution < -0.4 is 0 Å². The van der Waals surface area contributed by atoms with E-state index in [2.05, 4.69) is 0 Å². The Morgan fingerprint density at radius 2 is 1.86 bits per heavy atom. The van der Waals surface area contributed by atoms with Crippen LogP contribution in [-0.4, -0.2) is 24.8 Å². The van der Waals surface area contributed by atoms with Crippen molar-refractivity contribution in [1.82, 2.24) is 0 Å². The maximum Gasteiger partial charge on any atom is 0.165 e. The van der Waals surface area contributed by atoms with E-state index in [1.807, 2.05) is 6.92 Å². The van der Waals surface area contributed by atoms with Gasteiger partial charge in [-0.05, 0) is 26.7 Å². The molecule has 0 aromatic rings. The summed E-state index contributed by atoms with van der Waals surface area (Å²) >= 11 is 0. The zero-order chi connectivity index (χ0) is 10.4. The third-order valence-electron chi connectivity index (χ3n) is 2.56. The van der Waals surface area contributed by atoms with Gasteiger partial charge in [-0.1, -0.05) is 6.42 Å². The zero-order valence-corrected chi connectivity index (χ0v) is 9.17. The van der Waals surface area contributed by atoms with Crippen LogP contribution in [0.3, 0.4) is 0 Å². The van der Waals surface area contributed by atoms with E-state index in [1.165, 1.54) is 0 Å². The lowest BCUT2D eigenvalue weighted by atomic mass is 10.1. The van der Waals surface area contributed by atoms with Crippen molar-refractivity contribution in [3.8, 4) is 0 Å². The Hall–Kier alpha value is -0.410. The standard InChI is InChI=1S/C11H20O3/c1-10(12)6-4-3-5-7-11(2)13-8-9-14-11/h3-9H2,1-2H3. The van der Waals surface area contributed by atoms with Crippen LogP contribution in [0.4, 0.5) is 0 Å². The summed E-state index contributed by atoms with van der Waals surface area (Å²) in [6.45, 7) is 5.06. The van der Waals surface area contributed by atoms with Crippen molar-refractivity contribution in [3.63, 3.8) is 0 Å². The van der Waals surface area contributed by atoms with Gasteiger partial charge in [-0.15, -0.1) is 0 Å². The normalized spacial score (nSPS) is 19.9. The van der Waals surface area contributed by atoms with Crippen molar-refractivity contribution in [2.24, 2.45) is 0 Å². The summed E-state index contributed by atoms with van der Waals surface area (Å²) in [6.07, 6.45) is 4.79. The maximum absolute atomic E-state index is 10.7. The molecule has 1 aliphatic heterocycles. The second-order valence-corrected chi connectivity index (χ2v) is 4.09. The predicted molar refractivity (Wildman–Crippen MR) is 54.1 cm³/mol. The van der Waals surface area contributed by atoms with Crippen molar-refractivity contribution in [3.05, 3.63) is 0 Å². The lowest BCUT2D eigenvalue weighted by molar-refractivity contribution is -0.147. The molecule has 14 heavy (non-hydrogen) atoms. The fraction of sp³-hybridized carbons (Fsp3) is 0.909. The third kappa shape index (κ3) is 4.20. The highest BCUT2D eigenvalue weighted by Crippen LogP contribution is 2.25. The molecule has 0 aromatic carbocycles. The van der Waals surface area contributed by atoms with E-state index in [4.69, 9.17) is 9.47 Å². The van der Waals surface area contributed by atoms with Crippen molar-refractivity contribution < 1.29 is 14.3 Å². The molecule has 0 amide bonds. The fourth-order valence-electron chi connectivity index (χ4n) is 1.70. The lowest BCUT2D eigenvalue weighted by Gasteiger charge is -2.21. The molecular formula is C11H20O3. The molecule has 0 saturated carbocycles. The molecule has 0 aliphatic carbocycles. The average Bonchev–Trinajstić information content (AvgIpc) is 2.51. The Balaban J connectivity index is 2.00. The molecule has 0 unspecified atom stereocenters. The quantitative estimate of drug-likeness (QED) is 0.617. The van der Waals surface area contributed by atoms with Crippen LogP contribution in [0.5, 0.6) is 0 Å². The highest BCUT2D eigenvalue weighted by Gasteiger charge is 2.29. The molecule has 1 saturated heterocycles. The van der Waals surface area contributed by atoms with Crippen LogP contribution in [0.1, 0.15) is 46.0 Å². The van der Waals surface area contributed by atoms with Crippen LogP contribution in [0.15, 0.2) is 0 Å². The minimum Gasteiger partial charge on any atom is -0.348 e. The molecule has 3 nitrogen and oxygen atoms in total. The smallest absolute Gasteiger partial charge is 0.165 e. The minimum atomic E-state index is -0.351. The summed E-state index contributed by atoms with van der Waals surface area (Å²) in [5, 5.41) is 0. The van der Waals surface area contributed by atoms with E-state index in [0.717, 1.165) is 25.7 Å². The molecule has 0 bridgehead atoms. The lowest BCUT2D eigenvalue weighted by Crippen LogP contribution is -2.24. The Morgan fingerprint density at radius 3 is 2.43 bits per heavy atom. The van der Waals surface area contributed by atoms with E-state index in [-0.39, 0.29) is 11.6 Å². The minimum absolute atomic E-state index is 0.282. The second-order valence-electron chi connectivity index (χ2n) is 4.09. The molecule has 82 valence electrons. The first-order valence-corrected chi connectivity index (χ1v) is 5.40. The number of carbonyl (C=O) groups is 1. The number of ether oxygens (including phenoxy) is 2. The van der Waals surface area contributed by atoms with Gasteiger partial charge in [0.15, 0.2) is 5.79 Å². The van der Waals surface area contributed by atoms with E-state index in [1.54, 1.807) is 6.92 Å². The summed E-state index contributed by atoms with van der Waals surface area (Å²) in [5.74, 6) is -0.0690. The Labute approximate surface area is 85.8 Å². The largest absolute Gasteiger partial charge is 0.348 e. The highest BCUT2D eigenvalue weighted by molar-refractivity contribution is 5.75. The molecule has 1 rings (SSSR count). The number of rotatable bonds is 6. The molecule has 0 spiro atoms. The Bertz CT molecular complexity index is 183. The van der Waals surface area contributed by atoms with E-state index in [9.17, 15) is 4.79 Å². The SMILES string of the molecule is CC(=O)CCCCCC1(C)OCCO1. The van der Waals surface area contributed by atoms with Crippen molar-refractivity contribution in [1.29, 1.82) is 0 Å². The number of hydrogen-bond acceptors (Lipinski definition) is 3. The number of carbonyl (C=O) groups excluding carboxylic acids is 1. The molecule has 1 fully saturated rings. The summed E-state index contributed by atoms with van der Waals surface area (Å²) < 4.78 is 11.0. The average molecular weight is 200 g/mol. The molecule has 0 aromatic heterocycles. The summed E-state index contributed by atoms with van der Waals surface area (Å²) in [6, 6.07) is 0. The van der Waals surface area contributed by atoms with Crippen LogP contribution >= 0.6 is 0 Å². The first-order chi connectivity index (χ1) is 6.62. The highest BCUT2D eigenvalue weighted by atomic mass is 16.7. The van der Waals surface area contributed by atoms with Gasteiger partial charge < -0.3 is 14.3 Å². The number of ketones is 1. The molecule has 0 radical (unpaired) electrons. The van der Waals surface area contributed by atoms with Crippen LogP contribution in [-0.2, 0) is 14.3 Å². The molecule has 0 N–H and O–H groups in total. The first kappa shape index (κ1) is 11.7. The van der Waals surface area contributed by atoms with Crippen LogP contribution in [0, 0.1) is 0 Å². The number of hydrogen-bond donors (Lipinski definition) is 0. The molecular weight excluding hydrogens is 180 g/mol. The van der Waals surface area contributed by atoms with Gasteiger partial charge in [0.25, 0.3) is 0 Å². The second kappa shape index (κ2) is 5.47. The van der Waals surface area contributed by atoms with E-state index < -0.39 is 0 Å². The van der Waals surface area contributed by atoms with Gasteiger partial charge in [0.05, 0.1) is 13.2 Å². The topological polar surface area (TPSA) is 35.5 Å². The van der Waals surface area contributed by atoms with Gasteiger partial charge in [0.2, 0.25) is 0 Å². The molecule has 1 heterocycles. The van der Waals surface area contributed by atoms with Crippen LogP contribution in [0.25, 0.3) is 0 Å². The van der Waals surface area contributed by atoms with E-state index >= 15 is 0 Å². The Kier molecular flexibility index (Phi) is 4.55. The predicted octanol–water partition coefficient (Wildman–Crippen LogP) is 2.29. The fourth-order valence-corrected chi connectivity index (χ4v) is 1.70. The van der Waals surface area contributed by atoms with E-state index in [0.29, 0.717) is 19.6 Å². The number of unbranched alkanes of at least 4 members (excludes halogenated alkanes) is 2. The molecule has 1 aliphatic rings. The zero-order valence-electron chi connectivity index (χ0n) is 9.17. The van der Waals surface area contributed by atoms with Gasteiger partial charge in [0.1, 0.15) is 5.78 Å².